The molecule has 0 unspecified atom stereocenters. The molecule has 3 fully saturated rings. The van der Waals surface area contributed by atoms with Gasteiger partial charge in [-0.15, -0.1) is 0 Å². The lowest BCUT2D eigenvalue weighted by Gasteiger charge is -2.62. The van der Waals surface area contributed by atoms with E-state index in [9.17, 15) is 4.79 Å². The Balaban J connectivity index is 1.18. The average Bonchev–Trinajstić information content (AvgIpc) is 3.09. The molecule has 2 N–H and O–H groups in total. The highest BCUT2D eigenvalue weighted by atomic mass is 35.5. The van der Waals surface area contributed by atoms with Gasteiger partial charge in [0.05, 0.1) is 0 Å². The highest BCUT2D eigenvalue weighted by Gasteiger charge is 2.56. The molecule has 6 rings (SSSR count). The summed E-state index contributed by atoms with van der Waals surface area (Å²) in [7, 11) is 0. The normalized spacial score (nSPS) is 26.6. The zero-order valence-electron chi connectivity index (χ0n) is 19.8. The minimum atomic E-state index is 0.0604. The number of thiocarbonyl (C=S) groups is 1. The standard InChI is InChI=1S/C27H31Cl2N3OS/c1-15-22-11-18(27(22,2)3)12-24(15)31-26(34)30-20-6-7-21-17(10-20)14-32(25(21)33)9-8-16-4-5-19(28)13-23(16)29/h4-7,10,13,15,18,22,24H,8-9,11-12,14H2,1-3H3,(H2,30,31,34)/t15-,18+,22-,24-/m0/s1. The Hall–Kier alpha value is -1.82. The van der Waals surface area contributed by atoms with Gasteiger partial charge in [-0.05, 0) is 96.1 Å². The van der Waals surface area contributed by atoms with Gasteiger partial charge in [-0.1, -0.05) is 50.0 Å². The smallest absolute Gasteiger partial charge is 0.254 e. The number of carbonyl (C=O) groups is 1. The van der Waals surface area contributed by atoms with Gasteiger partial charge in [0.1, 0.15) is 0 Å². The van der Waals surface area contributed by atoms with E-state index in [1.165, 1.54) is 12.8 Å². The Labute approximate surface area is 217 Å². The molecule has 0 aromatic heterocycles. The van der Waals surface area contributed by atoms with Gasteiger partial charge < -0.3 is 15.5 Å². The lowest BCUT2D eigenvalue weighted by atomic mass is 9.45. The molecule has 180 valence electrons. The third-order valence-electron chi connectivity index (χ3n) is 8.58. The number of halogens is 2. The van der Waals surface area contributed by atoms with E-state index in [1.54, 1.807) is 6.07 Å². The molecule has 0 saturated heterocycles. The molecule has 0 spiro atoms. The highest BCUT2D eigenvalue weighted by molar-refractivity contribution is 7.80. The first-order valence-electron chi connectivity index (χ1n) is 12.1. The minimum absolute atomic E-state index is 0.0604. The van der Waals surface area contributed by atoms with E-state index >= 15 is 0 Å². The number of anilines is 1. The molecule has 2 aromatic carbocycles. The fourth-order valence-electron chi connectivity index (χ4n) is 6.30. The summed E-state index contributed by atoms with van der Waals surface area (Å²) < 4.78 is 0. The van der Waals surface area contributed by atoms with Crippen LogP contribution in [0.15, 0.2) is 36.4 Å². The third-order valence-corrected chi connectivity index (χ3v) is 9.39. The molecule has 1 aliphatic heterocycles. The summed E-state index contributed by atoms with van der Waals surface area (Å²) in [6.45, 7) is 8.38. The Bertz CT molecular complexity index is 1150. The molecule has 1 heterocycles. The molecule has 4 aliphatic rings. The first-order chi connectivity index (χ1) is 16.1. The Kier molecular flexibility index (Phi) is 6.33. The minimum Gasteiger partial charge on any atom is -0.359 e. The van der Waals surface area contributed by atoms with Gasteiger partial charge in [-0.3, -0.25) is 4.79 Å². The zero-order chi connectivity index (χ0) is 24.2. The highest BCUT2D eigenvalue weighted by Crippen LogP contribution is 2.61. The fraction of sp³-hybridized carbons (Fsp3) is 0.481. The van der Waals surface area contributed by atoms with Gasteiger partial charge in [-0.25, -0.2) is 0 Å². The number of carbonyl (C=O) groups excluding carboxylic acids is 1. The van der Waals surface area contributed by atoms with Crippen LogP contribution in [-0.4, -0.2) is 28.5 Å². The van der Waals surface area contributed by atoms with Gasteiger partial charge in [0.2, 0.25) is 0 Å². The van der Waals surface area contributed by atoms with Crippen LogP contribution in [0.2, 0.25) is 10.0 Å². The SMILES string of the molecule is C[C@@H]1[C@@H](NC(=S)Nc2ccc3c(c2)CN(CCc2ccc(Cl)cc2Cl)C3=O)C[C@H]2C[C@@H]1C2(C)C. The van der Waals surface area contributed by atoms with Crippen LogP contribution in [-0.2, 0) is 13.0 Å². The number of nitrogens with zero attached hydrogens (tertiary/aromatic N) is 1. The number of fused-ring (bicyclic) bond motifs is 3. The van der Waals surface area contributed by atoms with E-state index in [1.807, 2.05) is 35.2 Å². The predicted molar refractivity (Wildman–Crippen MR) is 144 cm³/mol. The Morgan fingerprint density at radius 2 is 1.97 bits per heavy atom. The quantitative estimate of drug-likeness (QED) is 0.443. The first-order valence-corrected chi connectivity index (χ1v) is 13.2. The summed E-state index contributed by atoms with van der Waals surface area (Å²) in [4.78, 5) is 14.8. The van der Waals surface area contributed by atoms with Gasteiger partial charge in [0.25, 0.3) is 5.91 Å². The van der Waals surface area contributed by atoms with E-state index in [4.69, 9.17) is 35.4 Å². The fourth-order valence-corrected chi connectivity index (χ4v) is 7.07. The molecular formula is C27H31Cl2N3OS. The van der Waals surface area contributed by atoms with Crippen molar-refractivity contribution in [3.63, 3.8) is 0 Å². The zero-order valence-corrected chi connectivity index (χ0v) is 22.2. The summed E-state index contributed by atoms with van der Waals surface area (Å²) in [5.41, 5.74) is 4.15. The summed E-state index contributed by atoms with van der Waals surface area (Å²) in [5.74, 6) is 2.23. The van der Waals surface area contributed by atoms with Crippen LogP contribution < -0.4 is 10.6 Å². The molecule has 34 heavy (non-hydrogen) atoms. The van der Waals surface area contributed by atoms with Crippen molar-refractivity contribution < 1.29 is 4.79 Å². The van der Waals surface area contributed by atoms with Crippen molar-refractivity contribution in [2.24, 2.45) is 23.2 Å². The average molecular weight is 517 g/mol. The van der Waals surface area contributed by atoms with Crippen molar-refractivity contribution in [3.8, 4) is 0 Å². The Morgan fingerprint density at radius 3 is 2.68 bits per heavy atom. The second-order valence-corrected chi connectivity index (χ2v) is 12.0. The summed E-state index contributed by atoms with van der Waals surface area (Å²) in [6, 6.07) is 11.8. The van der Waals surface area contributed by atoms with Gasteiger partial charge in [0, 0.05) is 40.4 Å². The molecule has 3 aliphatic carbocycles. The maximum Gasteiger partial charge on any atom is 0.254 e. The number of nitrogens with one attached hydrogen (secondary N) is 2. The van der Waals surface area contributed by atoms with E-state index in [0.717, 1.165) is 34.2 Å². The Morgan fingerprint density at radius 1 is 1.18 bits per heavy atom. The second-order valence-electron chi connectivity index (χ2n) is 10.7. The number of amides is 1. The van der Waals surface area contributed by atoms with E-state index in [-0.39, 0.29) is 5.91 Å². The monoisotopic (exact) mass is 515 g/mol. The van der Waals surface area contributed by atoms with E-state index in [0.29, 0.717) is 52.0 Å². The first kappa shape index (κ1) is 23.9. The maximum absolute atomic E-state index is 12.9. The molecule has 0 radical (unpaired) electrons. The maximum atomic E-state index is 12.9. The van der Waals surface area contributed by atoms with Crippen LogP contribution >= 0.6 is 35.4 Å². The molecule has 7 heteroatoms. The lowest BCUT2D eigenvalue weighted by Crippen LogP contribution is -2.61. The van der Waals surface area contributed by atoms with Crippen molar-refractivity contribution in [1.29, 1.82) is 0 Å². The van der Waals surface area contributed by atoms with Crippen LogP contribution in [0.3, 0.4) is 0 Å². The number of benzene rings is 2. The molecule has 4 atom stereocenters. The second kappa shape index (κ2) is 9.00. The number of hydrogen-bond donors (Lipinski definition) is 2. The molecule has 4 nitrogen and oxygen atoms in total. The summed E-state index contributed by atoms with van der Waals surface area (Å²) >= 11 is 17.9. The topological polar surface area (TPSA) is 44.4 Å². The van der Waals surface area contributed by atoms with Crippen LogP contribution in [0.1, 0.15) is 55.1 Å². The van der Waals surface area contributed by atoms with Crippen LogP contribution in [0.25, 0.3) is 0 Å². The van der Waals surface area contributed by atoms with Crippen LogP contribution in [0.4, 0.5) is 5.69 Å². The van der Waals surface area contributed by atoms with Crippen molar-refractivity contribution in [3.05, 3.63) is 63.1 Å². The molecule has 2 bridgehead atoms. The van der Waals surface area contributed by atoms with Crippen molar-refractivity contribution >= 4 is 52.1 Å². The van der Waals surface area contributed by atoms with Crippen molar-refractivity contribution in [2.75, 3.05) is 11.9 Å². The number of rotatable bonds is 5. The van der Waals surface area contributed by atoms with E-state index < -0.39 is 0 Å². The van der Waals surface area contributed by atoms with Gasteiger partial charge >= 0.3 is 0 Å². The molecular weight excluding hydrogens is 485 g/mol. The van der Waals surface area contributed by atoms with E-state index in [2.05, 4.69) is 31.4 Å². The van der Waals surface area contributed by atoms with Crippen LogP contribution in [0, 0.1) is 23.2 Å². The lowest BCUT2D eigenvalue weighted by molar-refractivity contribution is -0.111. The number of hydrogen-bond acceptors (Lipinski definition) is 2. The summed E-state index contributed by atoms with van der Waals surface area (Å²) in [5, 5.41) is 8.83. The van der Waals surface area contributed by atoms with Crippen molar-refractivity contribution in [2.45, 2.75) is 52.6 Å². The van der Waals surface area contributed by atoms with Crippen molar-refractivity contribution in [1.82, 2.24) is 10.2 Å². The molecule has 3 saturated carbocycles. The van der Waals surface area contributed by atoms with Crippen LogP contribution in [0.5, 0.6) is 0 Å². The molecule has 1 amide bonds. The predicted octanol–water partition coefficient (Wildman–Crippen LogP) is 6.55. The van der Waals surface area contributed by atoms with Gasteiger partial charge in [-0.2, -0.15) is 0 Å². The third kappa shape index (κ3) is 4.31. The summed E-state index contributed by atoms with van der Waals surface area (Å²) in [6.07, 6.45) is 3.22. The molecule has 2 aromatic rings. The largest absolute Gasteiger partial charge is 0.359 e. The van der Waals surface area contributed by atoms with Gasteiger partial charge in [0.15, 0.2) is 5.11 Å².